The van der Waals surface area contributed by atoms with E-state index in [2.05, 4.69) is 60.7 Å². The smallest absolute Gasteiger partial charge is 0.214 e. The van der Waals surface area contributed by atoms with Crippen LogP contribution in [0.15, 0.2) is 53.0 Å². The quantitative estimate of drug-likeness (QED) is 0.559. The van der Waals surface area contributed by atoms with Crippen molar-refractivity contribution in [2.45, 2.75) is 38.3 Å². The summed E-state index contributed by atoms with van der Waals surface area (Å²) in [5, 5.41) is 12.1. The molecule has 0 saturated carbocycles. The first-order chi connectivity index (χ1) is 13.9. The largest absolute Gasteiger partial charge is 0.492 e. The van der Waals surface area contributed by atoms with E-state index in [1.807, 2.05) is 35.2 Å². The van der Waals surface area contributed by atoms with Crippen molar-refractivity contribution in [1.29, 1.82) is 0 Å². The Labute approximate surface area is 180 Å². The Morgan fingerprint density at radius 3 is 2.45 bits per heavy atom. The zero-order chi connectivity index (χ0) is 20.6. The topological polar surface area (TPSA) is 52.0 Å². The zero-order valence-corrected chi connectivity index (χ0v) is 18.4. The predicted octanol–water partition coefficient (Wildman–Crippen LogP) is 5.94. The number of rotatable bonds is 4. The Balaban J connectivity index is 1.62. The highest BCUT2D eigenvalue weighted by Gasteiger charge is 2.21. The predicted molar refractivity (Wildman–Crippen MR) is 120 cm³/mol. The van der Waals surface area contributed by atoms with Crippen LogP contribution in [0.3, 0.4) is 0 Å². The number of hydrogen-bond donors (Lipinski definition) is 1. The molecule has 2 heterocycles. The Morgan fingerprint density at radius 1 is 1.07 bits per heavy atom. The molecule has 7 heteroatoms. The number of hydrogen-bond acceptors (Lipinski definition) is 5. The molecule has 1 aliphatic heterocycles. The van der Waals surface area contributed by atoms with E-state index in [1.54, 1.807) is 0 Å². The number of fused-ring (bicyclic) bond motifs is 1. The number of nitrogens with one attached hydrogen (secondary N) is 1. The van der Waals surface area contributed by atoms with Crippen LogP contribution in [0.25, 0.3) is 17.1 Å². The lowest BCUT2D eigenvalue weighted by Gasteiger charge is -2.21. The molecule has 0 unspecified atom stereocenters. The molecule has 0 radical (unpaired) electrons. The van der Waals surface area contributed by atoms with E-state index in [9.17, 15) is 0 Å². The summed E-state index contributed by atoms with van der Waals surface area (Å²) in [6.45, 7) is 9.14. The lowest BCUT2D eigenvalue weighted by molar-refractivity contribution is 0.340. The first-order valence-corrected chi connectivity index (χ1v) is 10.8. The summed E-state index contributed by atoms with van der Waals surface area (Å²) < 4.78 is 7.44. The van der Waals surface area contributed by atoms with Crippen LogP contribution in [0.2, 0.25) is 5.02 Å². The van der Waals surface area contributed by atoms with Crippen molar-refractivity contribution in [2.24, 2.45) is 0 Å². The minimum absolute atomic E-state index is 0.111. The Kier molecular flexibility index (Phi) is 5.32. The monoisotopic (exact) mass is 426 g/mol. The van der Waals surface area contributed by atoms with Crippen LogP contribution in [-0.4, -0.2) is 21.5 Å². The van der Waals surface area contributed by atoms with Crippen LogP contribution in [0.4, 0.5) is 0 Å². The number of thioether (sulfide) groups is 1. The van der Waals surface area contributed by atoms with Gasteiger partial charge in [0.2, 0.25) is 5.16 Å². The van der Waals surface area contributed by atoms with Crippen molar-refractivity contribution in [3.63, 3.8) is 0 Å². The Hall–Kier alpha value is -2.44. The molecule has 0 fully saturated rings. The van der Waals surface area contributed by atoms with Crippen LogP contribution >= 0.6 is 23.4 Å². The van der Waals surface area contributed by atoms with Gasteiger partial charge < -0.3 is 4.74 Å². The third-order valence-electron chi connectivity index (χ3n) is 4.70. The molecule has 150 valence electrons. The molecule has 1 aliphatic rings. The Morgan fingerprint density at radius 2 is 1.79 bits per heavy atom. The fourth-order valence-corrected chi connectivity index (χ4v) is 4.06. The van der Waals surface area contributed by atoms with Gasteiger partial charge in [0.25, 0.3) is 0 Å². The van der Waals surface area contributed by atoms with Gasteiger partial charge in [0, 0.05) is 16.5 Å². The summed E-state index contributed by atoms with van der Waals surface area (Å²) in [7, 11) is 0. The Bertz CT molecular complexity index is 1070. The zero-order valence-electron chi connectivity index (χ0n) is 16.9. The van der Waals surface area contributed by atoms with Crippen LogP contribution < -0.4 is 10.2 Å². The van der Waals surface area contributed by atoms with Gasteiger partial charge in [0.15, 0.2) is 5.82 Å². The van der Waals surface area contributed by atoms with E-state index in [-0.39, 0.29) is 5.41 Å². The van der Waals surface area contributed by atoms with E-state index in [4.69, 9.17) is 16.3 Å². The van der Waals surface area contributed by atoms with Crippen molar-refractivity contribution in [3.05, 3.63) is 64.0 Å². The number of aromatic nitrogens is 3. The maximum absolute atomic E-state index is 6.37. The maximum atomic E-state index is 6.37. The second kappa shape index (κ2) is 7.76. The molecule has 0 spiro atoms. The van der Waals surface area contributed by atoms with E-state index in [1.165, 1.54) is 17.3 Å². The fourth-order valence-electron chi connectivity index (χ4n) is 3.09. The van der Waals surface area contributed by atoms with Crippen LogP contribution in [0, 0.1) is 0 Å². The van der Waals surface area contributed by atoms with E-state index in [0.29, 0.717) is 17.4 Å². The van der Waals surface area contributed by atoms with Crippen molar-refractivity contribution in [3.8, 4) is 17.1 Å². The van der Waals surface area contributed by atoms with Gasteiger partial charge in [-0.1, -0.05) is 68.4 Å². The van der Waals surface area contributed by atoms with Crippen molar-refractivity contribution >= 4 is 29.1 Å². The average molecular weight is 427 g/mol. The second-order valence-corrected chi connectivity index (χ2v) is 9.05. The first kappa shape index (κ1) is 19.9. The molecule has 2 aromatic carbocycles. The van der Waals surface area contributed by atoms with Crippen LogP contribution in [0.1, 0.15) is 38.8 Å². The number of nitrogens with zero attached hydrogens (tertiary/aromatic N) is 3. The number of halogens is 1. The van der Waals surface area contributed by atoms with E-state index >= 15 is 0 Å². The molecule has 5 nitrogen and oxygen atoms in total. The summed E-state index contributed by atoms with van der Waals surface area (Å²) in [5.74, 6) is 1.46. The fraction of sp³-hybridized carbons (Fsp3) is 0.273. The summed E-state index contributed by atoms with van der Waals surface area (Å²) in [5.41, 5.74) is 7.72. The van der Waals surface area contributed by atoms with Gasteiger partial charge >= 0.3 is 0 Å². The van der Waals surface area contributed by atoms with Crippen LogP contribution in [0.5, 0.6) is 5.75 Å². The minimum Gasteiger partial charge on any atom is -0.492 e. The summed E-state index contributed by atoms with van der Waals surface area (Å²) >= 11 is 7.89. The average Bonchev–Trinajstić information content (AvgIpc) is 3.12. The SMILES string of the molecule is CCOc1ccc(C2=CSc3nnc(-c4ccc(C(C)(C)C)cc4)n3N2)cc1Cl. The first-order valence-electron chi connectivity index (χ1n) is 9.49. The summed E-state index contributed by atoms with van der Waals surface area (Å²) in [6.07, 6.45) is 0. The van der Waals surface area contributed by atoms with Gasteiger partial charge in [-0.2, -0.15) is 0 Å². The lowest BCUT2D eigenvalue weighted by Crippen LogP contribution is -2.18. The highest BCUT2D eigenvalue weighted by Crippen LogP contribution is 2.34. The molecule has 4 rings (SSSR count). The van der Waals surface area contributed by atoms with E-state index in [0.717, 1.165) is 27.8 Å². The molecule has 29 heavy (non-hydrogen) atoms. The summed E-state index contributed by atoms with van der Waals surface area (Å²) in [4.78, 5) is 0. The molecule has 0 aliphatic carbocycles. The molecular formula is C22H23ClN4OS. The molecule has 3 aromatic rings. The van der Waals surface area contributed by atoms with Gasteiger partial charge in [0.1, 0.15) is 5.75 Å². The van der Waals surface area contributed by atoms with Gasteiger partial charge in [-0.15, -0.1) is 10.2 Å². The lowest BCUT2D eigenvalue weighted by atomic mass is 9.87. The molecule has 1 N–H and O–H groups in total. The molecule has 0 amide bonds. The van der Waals surface area contributed by atoms with Gasteiger partial charge in [-0.05, 0) is 36.1 Å². The van der Waals surface area contributed by atoms with Crippen LogP contribution in [-0.2, 0) is 5.41 Å². The molecule has 0 atom stereocenters. The van der Waals surface area contributed by atoms with Gasteiger partial charge in [-0.3, -0.25) is 5.43 Å². The standard InChI is InChI=1S/C22H23ClN4OS/c1-5-28-19-11-8-15(12-17(19)23)18-13-29-21-25-24-20(27(21)26-18)14-6-9-16(10-7-14)22(2,3)4/h6-13,26H,5H2,1-4H3. The molecule has 1 aromatic heterocycles. The second-order valence-electron chi connectivity index (χ2n) is 7.81. The third-order valence-corrected chi connectivity index (χ3v) is 5.82. The molecule has 0 bridgehead atoms. The van der Waals surface area contributed by atoms with Crippen molar-refractivity contribution in [2.75, 3.05) is 12.0 Å². The normalized spacial score (nSPS) is 13.5. The minimum atomic E-state index is 0.111. The van der Waals surface area contributed by atoms with Gasteiger partial charge in [-0.25, -0.2) is 4.68 Å². The molecule has 0 saturated heterocycles. The molecular weight excluding hydrogens is 404 g/mol. The highest BCUT2D eigenvalue weighted by molar-refractivity contribution is 8.02. The maximum Gasteiger partial charge on any atom is 0.214 e. The summed E-state index contributed by atoms with van der Waals surface area (Å²) in [6, 6.07) is 14.3. The van der Waals surface area contributed by atoms with Crippen molar-refractivity contribution in [1.82, 2.24) is 14.9 Å². The third kappa shape index (κ3) is 4.00. The van der Waals surface area contributed by atoms with E-state index < -0.39 is 0 Å². The number of benzene rings is 2. The number of ether oxygens (including phenoxy) is 1. The van der Waals surface area contributed by atoms with Crippen molar-refractivity contribution < 1.29 is 4.74 Å². The highest BCUT2D eigenvalue weighted by atomic mass is 35.5. The van der Waals surface area contributed by atoms with Gasteiger partial charge in [0.05, 0.1) is 17.3 Å².